The van der Waals surface area contributed by atoms with E-state index in [1.165, 1.54) is 0 Å². The van der Waals surface area contributed by atoms with Gasteiger partial charge >= 0.3 is 6.09 Å². The Kier molecular flexibility index (Phi) is 8.68. The number of benzene rings is 2. The van der Waals surface area contributed by atoms with Gasteiger partial charge < -0.3 is 19.2 Å². The third kappa shape index (κ3) is 8.28. The Balaban J connectivity index is 1.43. The van der Waals surface area contributed by atoms with Gasteiger partial charge in [-0.15, -0.1) is 0 Å². The maximum atomic E-state index is 12.5. The number of carbonyl (C=O) groups excluding carboxylic acids is 2. The Bertz CT molecular complexity index is 1110. The first kappa shape index (κ1) is 26.0. The molecule has 35 heavy (non-hydrogen) atoms. The van der Waals surface area contributed by atoms with Gasteiger partial charge in [0, 0.05) is 30.0 Å². The molecule has 0 unspecified atom stereocenters. The second kappa shape index (κ2) is 11.7. The van der Waals surface area contributed by atoms with Gasteiger partial charge in [-0.25, -0.2) is 9.78 Å². The van der Waals surface area contributed by atoms with Crippen LogP contribution in [0.15, 0.2) is 59.0 Å². The number of nitrogens with one attached hydrogen (secondary N) is 1. The highest BCUT2D eigenvalue weighted by Gasteiger charge is 2.18. The van der Waals surface area contributed by atoms with Crippen LogP contribution < -0.4 is 10.1 Å². The summed E-state index contributed by atoms with van der Waals surface area (Å²) in [5.74, 6) is 2.09. The third-order valence-electron chi connectivity index (χ3n) is 5.26. The van der Waals surface area contributed by atoms with E-state index in [2.05, 4.69) is 10.3 Å². The van der Waals surface area contributed by atoms with Crippen molar-refractivity contribution >= 4 is 11.9 Å². The van der Waals surface area contributed by atoms with Crippen molar-refractivity contribution in [2.45, 2.75) is 65.5 Å². The average molecular weight is 479 g/mol. The van der Waals surface area contributed by atoms with Crippen LogP contribution in [0.1, 0.15) is 62.3 Å². The Morgan fingerprint density at radius 3 is 2.40 bits per heavy atom. The summed E-state index contributed by atoms with van der Waals surface area (Å²) in [6, 6.07) is 16.7. The van der Waals surface area contributed by atoms with Gasteiger partial charge in [-0.1, -0.05) is 18.2 Å². The lowest BCUT2D eigenvalue weighted by molar-refractivity contribution is 0.0504. The van der Waals surface area contributed by atoms with E-state index in [1.807, 2.05) is 65.0 Å². The molecule has 0 fully saturated rings. The Morgan fingerprint density at radius 2 is 1.74 bits per heavy atom. The lowest BCUT2D eigenvalue weighted by Crippen LogP contribution is -2.37. The quantitative estimate of drug-likeness (QED) is 0.352. The summed E-state index contributed by atoms with van der Waals surface area (Å²) in [5, 5.41) is 2.76. The van der Waals surface area contributed by atoms with E-state index in [1.54, 1.807) is 24.3 Å². The van der Waals surface area contributed by atoms with Crippen LogP contribution in [0.5, 0.6) is 5.75 Å². The van der Waals surface area contributed by atoms with Crippen molar-refractivity contribution in [3.63, 3.8) is 0 Å². The molecule has 1 atom stereocenters. The summed E-state index contributed by atoms with van der Waals surface area (Å²) < 4.78 is 16.9. The molecule has 0 aliphatic carbocycles. The number of nitrogens with zero attached hydrogens (tertiary/aromatic N) is 1. The van der Waals surface area contributed by atoms with Gasteiger partial charge in [-0.05, 0) is 77.4 Å². The number of oxazole rings is 1. The van der Waals surface area contributed by atoms with Crippen LogP contribution in [0.2, 0.25) is 0 Å². The number of carbonyl (C=O) groups is 2. The molecule has 7 nitrogen and oxygen atoms in total. The molecule has 1 aromatic heterocycles. The molecule has 7 heteroatoms. The van der Waals surface area contributed by atoms with Crippen molar-refractivity contribution in [2.75, 3.05) is 6.61 Å². The first-order valence-electron chi connectivity index (χ1n) is 11.9. The fourth-order valence-corrected chi connectivity index (χ4v) is 3.44. The molecule has 0 aliphatic rings. The van der Waals surface area contributed by atoms with Gasteiger partial charge in [-0.2, -0.15) is 0 Å². The summed E-state index contributed by atoms with van der Waals surface area (Å²) in [5.41, 5.74) is 1.87. The Hall–Kier alpha value is -3.61. The predicted octanol–water partition coefficient (Wildman–Crippen LogP) is 6.15. The van der Waals surface area contributed by atoms with Crippen LogP contribution in [-0.4, -0.2) is 35.1 Å². The molecule has 2 aromatic carbocycles. The molecule has 0 aliphatic heterocycles. The van der Waals surface area contributed by atoms with Gasteiger partial charge in [0.15, 0.2) is 5.78 Å². The van der Waals surface area contributed by atoms with Gasteiger partial charge in [-0.3, -0.25) is 4.79 Å². The van der Waals surface area contributed by atoms with Crippen molar-refractivity contribution < 1.29 is 23.5 Å². The van der Waals surface area contributed by atoms with E-state index in [9.17, 15) is 9.59 Å². The molecule has 0 saturated heterocycles. The summed E-state index contributed by atoms with van der Waals surface area (Å²) in [6.07, 6.45) is 0.992. The smallest absolute Gasteiger partial charge is 0.407 e. The lowest BCUT2D eigenvalue weighted by atomic mass is 10.0. The third-order valence-corrected chi connectivity index (χ3v) is 5.26. The minimum Gasteiger partial charge on any atom is -0.493 e. The maximum Gasteiger partial charge on any atom is 0.407 e. The van der Waals surface area contributed by atoms with Gasteiger partial charge in [0.05, 0.1) is 12.3 Å². The van der Waals surface area contributed by atoms with E-state index < -0.39 is 11.7 Å². The van der Waals surface area contributed by atoms with Gasteiger partial charge in [0.25, 0.3) is 0 Å². The van der Waals surface area contributed by atoms with Gasteiger partial charge in [0.1, 0.15) is 17.1 Å². The molecule has 1 amide bonds. The molecule has 3 rings (SSSR count). The number of ether oxygens (including phenoxy) is 2. The zero-order valence-corrected chi connectivity index (χ0v) is 21.1. The minimum atomic E-state index is -0.553. The zero-order valence-electron chi connectivity index (χ0n) is 21.1. The average Bonchev–Trinajstić information content (AvgIpc) is 3.17. The van der Waals surface area contributed by atoms with Crippen LogP contribution in [0.25, 0.3) is 11.5 Å². The molecular weight excluding hydrogens is 444 g/mol. The number of hydrogen-bond donors (Lipinski definition) is 1. The van der Waals surface area contributed by atoms with Crippen molar-refractivity contribution in [1.29, 1.82) is 0 Å². The topological polar surface area (TPSA) is 90.7 Å². The highest BCUT2D eigenvalue weighted by atomic mass is 16.6. The van der Waals surface area contributed by atoms with Crippen molar-refractivity contribution in [1.82, 2.24) is 10.3 Å². The first-order valence-corrected chi connectivity index (χ1v) is 11.9. The zero-order chi connectivity index (χ0) is 25.4. The number of rotatable bonds is 10. The number of hydrogen-bond acceptors (Lipinski definition) is 6. The van der Waals surface area contributed by atoms with Crippen molar-refractivity contribution in [3.05, 3.63) is 71.6 Å². The standard InChI is InChI=1S/C28H34N2O5/c1-19(29-27(32)35-28(3,4)5)11-16-25(31)21-12-14-23(15-13-21)33-18-17-24-20(2)34-26(30-24)22-9-7-6-8-10-22/h6-10,12-15,19H,11,16-18H2,1-5H3,(H,29,32)/t19-/m1/s1. The monoisotopic (exact) mass is 478 g/mol. The normalized spacial score (nSPS) is 12.1. The molecule has 1 heterocycles. The second-order valence-corrected chi connectivity index (χ2v) is 9.52. The van der Waals surface area contributed by atoms with E-state index in [0.29, 0.717) is 43.1 Å². The lowest BCUT2D eigenvalue weighted by Gasteiger charge is -2.21. The number of Topliss-reactive ketones (excluding diaryl/α,β-unsaturated/α-hetero) is 1. The van der Waals surface area contributed by atoms with Crippen molar-refractivity contribution in [2.24, 2.45) is 0 Å². The number of aromatic nitrogens is 1. The highest BCUT2D eigenvalue weighted by Crippen LogP contribution is 2.22. The Morgan fingerprint density at radius 1 is 1.06 bits per heavy atom. The molecular formula is C28H34N2O5. The van der Waals surface area contributed by atoms with Crippen LogP contribution in [-0.2, 0) is 11.2 Å². The molecule has 0 saturated carbocycles. The molecule has 0 spiro atoms. The number of aryl methyl sites for hydroxylation is 1. The van der Waals surface area contributed by atoms with E-state index in [-0.39, 0.29) is 11.8 Å². The molecule has 1 N–H and O–H groups in total. The predicted molar refractivity (Wildman–Crippen MR) is 135 cm³/mol. The first-order chi connectivity index (χ1) is 16.6. The fourth-order valence-electron chi connectivity index (χ4n) is 3.44. The number of ketones is 1. The molecule has 0 bridgehead atoms. The minimum absolute atomic E-state index is 0.0149. The number of amides is 1. The summed E-state index contributed by atoms with van der Waals surface area (Å²) in [4.78, 5) is 29.0. The maximum absolute atomic E-state index is 12.5. The molecule has 186 valence electrons. The highest BCUT2D eigenvalue weighted by molar-refractivity contribution is 5.96. The van der Waals surface area contributed by atoms with E-state index in [4.69, 9.17) is 13.9 Å². The Labute approximate surface area is 206 Å². The second-order valence-electron chi connectivity index (χ2n) is 9.52. The SMILES string of the molecule is Cc1oc(-c2ccccc2)nc1CCOc1ccc(C(=O)CC[C@@H](C)NC(=O)OC(C)(C)C)cc1. The number of alkyl carbamates (subject to hydrolysis) is 1. The van der Waals surface area contributed by atoms with Crippen LogP contribution in [0.3, 0.4) is 0 Å². The van der Waals surface area contributed by atoms with Crippen LogP contribution in [0.4, 0.5) is 4.79 Å². The van der Waals surface area contributed by atoms with Crippen LogP contribution >= 0.6 is 0 Å². The summed E-state index contributed by atoms with van der Waals surface area (Å²) in [7, 11) is 0. The molecule has 3 aromatic rings. The van der Waals surface area contributed by atoms with Gasteiger partial charge in [0.2, 0.25) is 5.89 Å². The van der Waals surface area contributed by atoms with E-state index in [0.717, 1.165) is 17.0 Å². The fraction of sp³-hybridized carbons (Fsp3) is 0.393. The van der Waals surface area contributed by atoms with Crippen LogP contribution in [0, 0.1) is 6.92 Å². The summed E-state index contributed by atoms with van der Waals surface area (Å²) >= 11 is 0. The largest absolute Gasteiger partial charge is 0.493 e. The van der Waals surface area contributed by atoms with E-state index >= 15 is 0 Å². The summed E-state index contributed by atoms with van der Waals surface area (Å²) in [6.45, 7) is 9.64. The molecule has 0 radical (unpaired) electrons. The van der Waals surface area contributed by atoms with Crippen molar-refractivity contribution in [3.8, 4) is 17.2 Å².